The summed E-state index contributed by atoms with van der Waals surface area (Å²) < 4.78 is 11.6. The molecule has 235 valence electrons. The SMILES string of the molecule is CC(C)c1csc(-c2cc(OC3CC4C(=O)NC5([C]=O)CC5/C=C/CCCCNC(=O)N4C3)c3ccc(OC(N)=O)cc3n2)n1. The summed E-state index contributed by atoms with van der Waals surface area (Å²) in [6, 6.07) is 5.50. The minimum Gasteiger partial charge on any atom is -0.488 e. The Balaban J connectivity index is 1.31. The van der Waals surface area contributed by atoms with Crippen molar-refractivity contribution in [2.75, 3.05) is 13.1 Å². The summed E-state index contributed by atoms with van der Waals surface area (Å²) in [5, 5.41) is 9.13. The molecule has 2 fully saturated rings. The number of aromatic nitrogens is 2. The molecule has 45 heavy (non-hydrogen) atoms. The number of nitrogens with zero attached hydrogens (tertiary/aromatic N) is 3. The molecule has 1 saturated heterocycles. The Labute approximate surface area is 264 Å². The van der Waals surface area contributed by atoms with Crippen LogP contribution in [0.15, 0.2) is 41.8 Å². The van der Waals surface area contributed by atoms with Crippen LogP contribution < -0.4 is 25.8 Å². The van der Waals surface area contributed by atoms with Gasteiger partial charge in [-0.1, -0.05) is 26.0 Å². The molecule has 2 aliphatic heterocycles. The Morgan fingerprint density at radius 2 is 2.07 bits per heavy atom. The number of nitrogens with one attached hydrogen (secondary N) is 2. The van der Waals surface area contributed by atoms with Gasteiger partial charge in [0.2, 0.25) is 12.2 Å². The summed E-state index contributed by atoms with van der Waals surface area (Å²) >= 11 is 1.46. The number of urea groups is 1. The zero-order valence-electron chi connectivity index (χ0n) is 25.1. The van der Waals surface area contributed by atoms with Gasteiger partial charge in [-0.05, 0) is 43.7 Å². The van der Waals surface area contributed by atoms with Crippen molar-refractivity contribution >= 4 is 46.6 Å². The van der Waals surface area contributed by atoms with E-state index in [-0.39, 0.29) is 36.6 Å². The molecule has 2 aromatic heterocycles. The fraction of sp³-hybridized carbons (Fsp3) is 0.438. The van der Waals surface area contributed by atoms with Crippen LogP contribution in [0.25, 0.3) is 21.6 Å². The van der Waals surface area contributed by atoms with Crippen LogP contribution in [0, 0.1) is 5.92 Å². The summed E-state index contributed by atoms with van der Waals surface area (Å²) in [7, 11) is 0. The minimum atomic E-state index is -1.07. The van der Waals surface area contributed by atoms with Crippen LogP contribution in [0.3, 0.4) is 0 Å². The van der Waals surface area contributed by atoms with E-state index in [0.717, 1.165) is 25.0 Å². The van der Waals surface area contributed by atoms with Crippen LogP contribution >= 0.6 is 11.3 Å². The third-order valence-electron chi connectivity index (χ3n) is 8.40. The van der Waals surface area contributed by atoms with Gasteiger partial charge in [0.25, 0.3) is 0 Å². The number of rotatable bonds is 6. The van der Waals surface area contributed by atoms with Gasteiger partial charge < -0.3 is 30.7 Å². The van der Waals surface area contributed by atoms with E-state index in [1.54, 1.807) is 24.3 Å². The molecular weight excluding hydrogens is 596 g/mol. The first kappa shape index (κ1) is 30.5. The van der Waals surface area contributed by atoms with Crippen LogP contribution in [0.4, 0.5) is 9.59 Å². The number of allylic oxidation sites excluding steroid dienone is 1. The molecule has 13 heteroatoms. The van der Waals surface area contributed by atoms with Crippen LogP contribution in [0.1, 0.15) is 57.6 Å². The average molecular weight is 632 g/mol. The van der Waals surface area contributed by atoms with Gasteiger partial charge in [0.15, 0.2) is 0 Å². The number of fused-ring (bicyclic) bond motifs is 3. The molecule has 4 N–H and O–H groups in total. The highest BCUT2D eigenvalue weighted by Gasteiger charge is 2.56. The number of primary amides is 1. The first-order valence-electron chi connectivity index (χ1n) is 15.1. The number of hydrogen-bond acceptors (Lipinski definition) is 9. The largest absolute Gasteiger partial charge is 0.488 e. The molecule has 4 unspecified atom stereocenters. The minimum absolute atomic E-state index is 0.107. The first-order valence-corrected chi connectivity index (χ1v) is 16.0. The maximum atomic E-state index is 13.6. The van der Waals surface area contributed by atoms with Gasteiger partial charge >= 0.3 is 12.1 Å². The Bertz CT molecular complexity index is 1670. The predicted octanol–water partition coefficient (Wildman–Crippen LogP) is 4.20. The molecule has 4 heterocycles. The average Bonchev–Trinajstić information content (AvgIpc) is 3.32. The molecule has 4 atom stereocenters. The highest BCUT2D eigenvalue weighted by atomic mass is 32.1. The van der Waals surface area contributed by atoms with Crippen LogP contribution in [-0.2, 0) is 9.59 Å². The summed E-state index contributed by atoms with van der Waals surface area (Å²) in [4.78, 5) is 61.2. The molecule has 0 spiro atoms. The number of benzene rings is 1. The standard InChI is InChI=1S/C32H35N6O6S/c1-18(2)25-16-45-29(36-25)24-13-27(22-9-8-20(44-30(33)41)11-23(22)35-24)43-21-12-26-28(40)37-32(17-39)14-19(32)7-5-3-4-6-10-34-31(42)38(26)15-21/h5,7-9,11,13,16,18-19,21,26H,3-4,6,10,12,14-15H2,1-2H3,(H2,33,41)(H,34,42)(H,37,40)/b7-5+. The number of ether oxygens (including phenoxy) is 2. The van der Waals surface area contributed by atoms with Crippen molar-refractivity contribution in [3.8, 4) is 22.2 Å². The van der Waals surface area contributed by atoms with Gasteiger partial charge in [-0.2, -0.15) is 0 Å². The van der Waals surface area contributed by atoms with Crippen LogP contribution in [-0.4, -0.2) is 70.0 Å². The number of carbonyl (C=O) groups excluding carboxylic acids is 4. The molecule has 6 rings (SSSR count). The second-order valence-electron chi connectivity index (χ2n) is 12.0. The molecule has 1 aromatic carbocycles. The lowest BCUT2D eigenvalue weighted by Gasteiger charge is -2.25. The van der Waals surface area contributed by atoms with Gasteiger partial charge in [-0.3, -0.25) is 9.59 Å². The Kier molecular flexibility index (Phi) is 8.45. The molecule has 1 radical (unpaired) electrons. The van der Waals surface area contributed by atoms with Crippen molar-refractivity contribution < 1.29 is 28.7 Å². The number of amides is 4. The monoisotopic (exact) mass is 631 g/mol. The van der Waals surface area contributed by atoms with Crippen molar-refractivity contribution in [2.24, 2.45) is 11.7 Å². The molecule has 1 aliphatic carbocycles. The van der Waals surface area contributed by atoms with Crippen molar-refractivity contribution in [3.63, 3.8) is 0 Å². The molecule has 1 saturated carbocycles. The zero-order chi connectivity index (χ0) is 31.7. The number of carbonyl (C=O) groups is 3. The molecule has 3 aromatic rings. The third kappa shape index (κ3) is 6.48. The van der Waals surface area contributed by atoms with Crippen molar-refractivity contribution in [3.05, 3.63) is 47.5 Å². The highest BCUT2D eigenvalue weighted by molar-refractivity contribution is 7.13. The molecule has 4 amide bonds. The van der Waals surface area contributed by atoms with E-state index >= 15 is 0 Å². The molecular formula is C32H35N6O6S. The second-order valence-corrected chi connectivity index (χ2v) is 12.9. The van der Waals surface area contributed by atoms with Crippen molar-refractivity contribution in [2.45, 2.75) is 69.6 Å². The Morgan fingerprint density at radius 1 is 1.22 bits per heavy atom. The number of thiazole rings is 1. The lowest BCUT2D eigenvalue weighted by Crippen LogP contribution is -2.53. The quantitative estimate of drug-likeness (QED) is 0.341. The van der Waals surface area contributed by atoms with Gasteiger partial charge in [0.05, 0.1) is 17.8 Å². The van der Waals surface area contributed by atoms with E-state index in [1.165, 1.54) is 16.2 Å². The summed E-state index contributed by atoms with van der Waals surface area (Å²) in [6.45, 7) is 4.76. The second kappa shape index (κ2) is 12.5. The van der Waals surface area contributed by atoms with E-state index in [4.69, 9.17) is 25.2 Å². The normalized spacial score (nSPS) is 25.8. The maximum absolute atomic E-state index is 13.6. The van der Waals surface area contributed by atoms with Crippen LogP contribution in [0.5, 0.6) is 11.5 Å². The lowest BCUT2D eigenvalue weighted by atomic mass is 10.1. The van der Waals surface area contributed by atoms with Gasteiger partial charge in [0, 0.05) is 41.8 Å². The lowest BCUT2D eigenvalue weighted by molar-refractivity contribution is -0.125. The smallest absolute Gasteiger partial charge is 0.409 e. The number of pyridine rings is 1. The van der Waals surface area contributed by atoms with E-state index in [2.05, 4.69) is 24.5 Å². The van der Waals surface area contributed by atoms with Gasteiger partial charge in [-0.25, -0.2) is 19.6 Å². The van der Waals surface area contributed by atoms with Gasteiger partial charge in [0.1, 0.15) is 39.9 Å². The van der Waals surface area contributed by atoms with Crippen molar-refractivity contribution in [1.82, 2.24) is 25.5 Å². The first-order chi connectivity index (χ1) is 21.7. The highest BCUT2D eigenvalue weighted by Crippen LogP contribution is 2.43. The van der Waals surface area contributed by atoms with Crippen molar-refractivity contribution in [1.29, 1.82) is 0 Å². The third-order valence-corrected chi connectivity index (χ3v) is 9.28. The fourth-order valence-electron chi connectivity index (χ4n) is 5.82. The Hall–Kier alpha value is -4.52. The fourth-order valence-corrected chi connectivity index (χ4v) is 6.76. The Morgan fingerprint density at radius 3 is 2.82 bits per heavy atom. The van der Waals surface area contributed by atoms with E-state index in [1.807, 2.05) is 23.8 Å². The summed E-state index contributed by atoms with van der Waals surface area (Å²) in [5.74, 6) is 0.419. The molecule has 12 nitrogen and oxygen atoms in total. The zero-order valence-corrected chi connectivity index (χ0v) is 25.9. The van der Waals surface area contributed by atoms with E-state index in [0.29, 0.717) is 40.3 Å². The molecule has 0 bridgehead atoms. The van der Waals surface area contributed by atoms with E-state index < -0.39 is 29.7 Å². The molecule has 3 aliphatic rings. The predicted molar refractivity (Wildman–Crippen MR) is 168 cm³/mol. The summed E-state index contributed by atoms with van der Waals surface area (Å²) in [5.41, 5.74) is 6.16. The van der Waals surface area contributed by atoms with E-state index in [9.17, 15) is 19.2 Å². The maximum Gasteiger partial charge on any atom is 0.409 e. The topological polar surface area (TPSA) is 166 Å². The van der Waals surface area contributed by atoms with Gasteiger partial charge in [-0.15, -0.1) is 11.3 Å². The van der Waals surface area contributed by atoms with Crippen LogP contribution in [0.2, 0.25) is 0 Å². The summed E-state index contributed by atoms with van der Waals surface area (Å²) in [6.07, 6.45) is 7.77. The number of hydrogen-bond donors (Lipinski definition) is 3. The number of nitrogens with two attached hydrogens (primary N) is 1.